The highest BCUT2D eigenvalue weighted by Gasteiger charge is 2.20. The maximum atomic E-state index is 13.4. The molecule has 0 aromatic heterocycles. The molecule has 0 saturated heterocycles. The third-order valence-corrected chi connectivity index (χ3v) is 3.67. The Balaban J connectivity index is 2.41. The van der Waals surface area contributed by atoms with Crippen LogP contribution < -0.4 is 4.18 Å². The average molecular weight is 313 g/mol. The molecule has 2 aromatic carbocycles. The van der Waals surface area contributed by atoms with Gasteiger partial charge in [0, 0.05) is 6.07 Å². The van der Waals surface area contributed by atoms with Gasteiger partial charge in [-0.2, -0.15) is 13.7 Å². The topological polar surface area (TPSA) is 67.2 Å². The summed E-state index contributed by atoms with van der Waals surface area (Å²) in [6, 6.07) is 5.95. The van der Waals surface area contributed by atoms with Gasteiger partial charge in [0.2, 0.25) is 0 Å². The van der Waals surface area contributed by atoms with Crippen LogP contribution in [-0.2, 0) is 10.1 Å². The Hall–Kier alpha value is -2.53. The summed E-state index contributed by atoms with van der Waals surface area (Å²) in [6.07, 6.45) is 0. The summed E-state index contributed by atoms with van der Waals surface area (Å²) < 4.78 is 67.5. The summed E-state index contributed by atoms with van der Waals surface area (Å²) in [5.41, 5.74) is -0.501. The van der Waals surface area contributed by atoms with Crippen molar-refractivity contribution in [3.05, 3.63) is 59.4 Å². The van der Waals surface area contributed by atoms with Crippen LogP contribution in [0.1, 0.15) is 5.56 Å². The second-order valence-electron chi connectivity index (χ2n) is 3.87. The summed E-state index contributed by atoms with van der Waals surface area (Å²) in [6.45, 7) is 0. The second kappa shape index (κ2) is 5.46. The molecular formula is C13H6F3NO3S. The molecule has 0 aliphatic heterocycles. The lowest BCUT2D eigenvalue weighted by Gasteiger charge is -2.08. The molecule has 0 amide bonds. The van der Waals surface area contributed by atoms with Crippen LogP contribution in [0.5, 0.6) is 5.75 Å². The van der Waals surface area contributed by atoms with E-state index in [1.165, 1.54) is 6.07 Å². The minimum atomic E-state index is -4.48. The van der Waals surface area contributed by atoms with E-state index in [1.807, 2.05) is 0 Å². The van der Waals surface area contributed by atoms with Crippen LogP contribution in [0.3, 0.4) is 0 Å². The Bertz CT molecular complexity index is 844. The molecule has 0 spiro atoms. The van der Waals surface area contributed by atoms with Gasteiger partial charge in [0.25, 0.3) is 0 Å². The average Bonchev–Trinajstić information content (AvgIpc) is 2.42. The fraction of sp³-hybridized carbons (Fsp3) is 0. The largest absolute Gasteiger partial charge is 0.376 e. The molecule has 0 aliphatic carbocycles. The first-order valence-corrected chi connectivity index (χ1v) is 6.83. The number of halogens is 3. The standard InChI is InChI=1S/C13H6F3NO3S/c14-9-1-4-13(12(16)6-9)20-21(18,19)10-2-3-11(15)8(5-10)7-17/h1-6H. The highest BCUT2D eigenvalue weighted by molar-refractivity contribution is 7.87. The summed E-state index contributed by atoms with van der Waals surface area (Å²) in [4.78, 5) is -0.524. The van der Waals surface area contributed by atoms with E-state index in [2.05, 4.69) is 4.18 Å². The number of hydrogen-bond donors (Lipinski definition) is 0. The Kier molecular flexibility index (Phi) is 3.86. The van der Waals surface area contributed by atoms with Gasteiger partial charge in [0.05, 0.1) is 5.56 Å². The zero-order chi connectivity index (χ0) is 15.6. The Labute approximate surface area is 118 Å². The molecule has 0 bridgehead atoms. The molecule has 8 heteroatoms. The number of nitriles is 1. The van der Waals surface area contributed by atoms with Crippen LogP contribution >= 0.6 is 0 Å². The monoisotopic (exact) mass is 313 g/mol. The van der Waals surface area contributed by atoms with Crippen LogP contribution in [0.2, 0.25) is 0 Å². The summed E-state index contributed by atoms with van der Waals surface area (Å²) in [5.74, 6) is -3.71. The Morgan fingerprint density at radius 2 is 1.71 bits per heavy atom. The van der Waals surface area contributed by atoms with Crippen LogP contribution in [0.25, 0.3) is 0 Å². The summed E-state index contributed by atoms with van der Waals surface area (Å²) in [7, 11) is -4.48. The molecule has 0 aliphatic rings. The molecule has 0 N–H and O–H groups in total. The lowest BCUT2D eigenvalue weighted by Crippen LogP contribution is -2.11. The molecule has 0 unspecified atom stereocenters. The molecule has 2 aromatic rings. The second-order valence-corrected chi connectivity index (χ2v) is 5.41. The lowest BCUT2D eigenvalue weighted by atomic mass is 10.2. The van der Waals surface area contributed by atoms with Crippen molar-refractivity contribution in [1.29, 1.82) is 5.26 Å². The van der Waals surface area contributed by atoms with Gasteiger partial charge in [0.1, 0.15) is 22.6 Å². The van der Waals surface area contributed by atoms with Crippen molar-refractivity contribution in [1.82, 2.24) is 0 Å². The van der Waals surface area contributed by atoms with Crippen LogP contribution in [0.15, 0.2) is 41.3 Å². The zero-order valence-corrected chi connectivity index (χ0v) is 11.0. The van der Waals surface area contributed by atoms with Gasteiger partial charge in [-0.15, -0.1) is 0 Å². The molecule has 2 rings (SSSR count). The third-order valence-electron chi connectivity index (χ3n) is 2.44. The van der Waals surface area contributed by atoms with Crippen molar-refractivity contribution in [3.63, 3.8) is 0 Å². The number of nitrogens with zero attached hydrogens (tertiary/aromatic N) is 1. The molecule has 21 heavy (non-hydrogen) atoms. The van der Waals surface area contributed by atoms with E-state index in [-0.39, 0.29) is 0 Å². The van der Waals surface area contributed by atoms with E-state index in [1.54, 1.807) is 0 Å². The lowest BCUT2D eigenvalue weighted by molar-refractivity contribution is 0.457. The highest BCUT2D eigenvalue weighted by Crippen LogP contribution is 2.23. The van der Waals surface area contributed by atoms with Crippen molar-refractivity contribution in [2.24, 2.45) is 0 Å². The van der Waals surface area contributed by atoms with Gasteiger partial charge in [-0.1, -0.05) is 0 Å². The molecule has 108 valence electrons. The molecule has 0 radical (unpaired) electrons. The van der Waals surface area contributed by atoms with Gasteiger partial charge in [0.15, 0.2) is 11.6 Å². The van der Waals surface area contributed by atoms with Gasteiger partial charge >= 0.3 is 10.1 Å². The van der Waals surface area contributed by atoms with Crippen molar-refractivity contribution in [2.45, 2.75) is 4.90 Å². The molecule has 0 atom stereocenters. The molecule has 0 saturated carbocycles. The Morgan fingerprint density at radius 1 is 1.00 bits per heavy atom. The van der Waals surface area contributed by atoms with E-state index < -0.39 is 43.8 Å². The van der Waals surface area contributed by atoms with E-state index in [9.17, 15) is 21.6 Å². The number of benzene rings is 2. The predicted molar refractivity (Wildman–Crippen MR) is 65.3 cm³/mol. The number of rotatable bonds is 3. The van der Waals surface area contributed by atoms with Gasteiger partial charge in [-0.3, -0.25) is 0 Å². The smallest absolute Gasteiger partial charge is 0.339 e. The predicted octanol–water partition coefficient (Wildman–Crippen LogP) is 2.74. The van der Waals surface area contributed by atoms with E-state index in [0.717, 1.165) is 30.3 Å². The summed E-state index contributed by atoms with van der Waals surface area (Å²) in [5, 5.41) is 8.65. The van der Waals surface area contributed by atoms with Gasteiger partial charge in [-0.05, 0) is 30.3 Å². The van der Waals surface area contributed by atoms with Crippen LogP contribution in [0.4, 0.5) is 13.2 Å². The molecule has 0 fully saturated rings. The number of hydrogen-bond acceptors (Lipinski definition) is 4. The first-order chi connectivity index (χ1) is 9.83. The molecule has 4 nitrogen and oxygen atoms in total. The minimum absolute atomic E-state index is 0.455. The van der Waals surface area contributed by atoms with Crippen molar-refractivity contribution >= 4 is 10.1 Å². The maximum absolute atomic E-state index is 13.4. The maximum Gasteiger partial charge on any atom is 0.339 e. The SMILES string of the molecule is N#Cc1cc(S(=O)(=O)Oc2ccc(F)cc2F)ccc1F. The van der Waals surface area contributed by atoms with E-state index in [4.69, 9.17) is 5.26 Å². The molecule has 0 heterocycles. The first kappa shape index (κ1) is 14.9. The zero-order valence-electron chi connectivity index (χ0n) is 10.2. The van der Waals surface area contributed by atoms with Crippen LogP contribution in [-0.4, -0.2) is 8.42 Å². The minimum Gasteiger partial charge on any atom is -0.376 e. The summed E-state index contributed by atoms with van der Waals surface area (Å²) >= 11 is 0. The fourth-order valence-electron chi connectivity index (χ4n) is 1.45. The van der Waals surface area contributed by atoms with Crippen molar-refractivity contribution in [3.8, 4) is 11.8 Å². The normalized spacial score (nSPS) is 11.0. The quantitative estimate of drug-likeness (QED) is 0.817. The third kappa shape index (κ3) is 3.14. The Morgan fingerprint density at radius 3 is 2.33 bits per heavy atom. The first-order valence-electron chi connectivity index (χ1n) is 5.42. The van der Waals surface area contributed by atoms with Gasteiger partial charge < -0.3 is 4.18 Å². The van der Waals surface area contributed by atoms with E-state index >= 15 is 0 Å². The van der Waals surface area contributed by atoms with Crippen LogP contribution in [0, 0.1) is 28.8 Å². The van der Waals surface area contributed by atoms with Crippen molar-refractivity contribution < 1.29 is 25.8 Å². The fourth-order valence-corrected chi connectivity index (χ4v) is 2.42. The van der Waals surface area contributed by atoms with E-state index in [0.29, 0.717) is 6.07 Å². The molecular weight excluding hydrogens is 307 g/mol. The van der Waals surface area contributed by atoms with Crippen molar-refractivity contribution in [2.75, 3.05) is 0 Å². The highest BCUT2D eigenvalue weighted by atomic mass is 32.2. The van der Waals surface area contributed by atoms with Gasteiger partial charge in [-0.25, -0.2) is 13.2 Å².